The van der Waals surface area contributed by atoms with Gasteiger partial charge in [-0.25, -0.2) is 4.68 Å². The molecule has 0 radical (unpaired) electrons. The fraction of sp³-hybridized carbons (Fsp3) is 0.300. The molecule has 2 heterocycles. The largest absolute Gasteiger partial charge is 0.497 e. The summed E-state index contributed by atoms with van der Waals surface area (Å²) in [6.45, 7) is 4.17. The number of rotatable bonds is 4. The van der Waals surface area contributed by atoms with Gasteiger partial charge in [0.1, 0.15) is 5.75 Å². The molecule has 134 valence electrons. The van der Waals surface area contributed by atoms with Gasteiger partial charge in [-0.3, -0.25) is 9.69 Å². The molecule has 0 N–H and O–H groups in total. The van der Waals surface area contributed by atoms with E-state index in [1.54, 1.807) is 18.0 Å². The van der Waals surface area contributed by atoms with Gasteiger partial charge in [0.2, 0.25) is 0 Å². The number of fused-ring (bicyclic) bond motifs is 1. The maximum Gasteiger partial charge on any atom is 0.275 e. The zero-order chi connectivity index (χ0) is 17.9. The molecule has 1 aliphatic rings. The summed E-state index contributed by atoms with van der Waals surface area (Å²) in [7, 11) is 1.68. The van der Waals surface area contributed by atoms with Crippen molar-refractivity contribution in [1.82, 2.24) is 14.7 Å². The van der Waals surface area contributed by atoms with Crippen molar-refractivity contribution in [2.24, 2.45) is 0 Å². The Morgan fingerprint density at radius 1 is 1.00 bits per heavy atom. The molecule has 2 aromatic carbocycles. The number of ether oxygens (including phenoxy) is 1. The van der Waals surface area contributed by atoms with Gasteiger partial charge in [0.05, 0.1) is 25.4 Å². The lowest BCUT2D eigenvalue weighted by atomic mass is 10.2. The second kappa shape index (κ2) is 7.17. The van der Waals surface area contributed by atoms with Crippen LogP contribution < -0.4 is 15.2 Å². The average Bonchev–Trinajstić information content (AvgIpc) is 2.71. The van der Waals surface area contributed by atoms with E-state index in [4.69, 9.17) is 4.74 Å². The fourth-order valence-corrected chi connectivity index (χ4v) is 3.36. The Morgan fingerprint density at radius 2 is 1.73 bits per heavy atom. The van der Waals surface area contributed by atoms with Crippen molar-refractivity contribution in [2.75, 3.05) is 38.2 Å². The van der Waals surface area contributed by atoms with Crippen LogP contribution in [0.15, 0.2) is 59.5 Å². The molecule has 1 fully saturated rings. The normalized spacial score (nSPS) is 15.3. The highest BCUT2D eigenvalue weighted by molar-refractivity contribution is 5.80. The van der Waals surface area contributed by atoms with Gasteiger partial charge in [-0.2, -0.15) is 5.10 Å². The third kappa shape index (κ3) is 3.28. The van der Waals surface area contributed by atoms with Crippen LogP contribution in [0.2, 0.25) is 0 Å². The summed E-state index contributed by atoms with van der Waals surface area (Å²) >= 11 is 0. The number of benzene rings is 2. The molecule has 6 heteroatoms. The number of hydrogen-bond acceptors (Lipinski definition) is 5. The van der Waals surface area contributed by atoms with Crippen LogP contribution in [0, 0.1) is 0 Å². The van der Waals surface area contributed by atoms with Crippen LogP contribution in [0.5, 0.6) is 5.75 Å². The number of piperazine rings is 1. The second-order valence-corrected chi connectivity index (χ2v) is 6.48. The van der Waals surface area contributed by atoms with Gasteiger partial charge in [-0.15, -0.1) is 0 Å². The van der Waals surface area contributed by atoms with Crippen molar-refractivity contribution in [3.63, 3.8) is 0 Å². The first-order valence-electron chi connectivity index (χ1n) is 8.81. The zero-order valence-electron chi connectivity index (χ0n) is 14.8. The molecule has 0 saturated carbocycles. The van der Waals surface area contributed by atoms with E-state index < -0.39 is 0 Å². The molecule has 1 aliphatic heterocycles. The molecule has 0 amide bonds. The number of aromatic nitrogens is 2. The summed E-state index contributed by atoms with van der Waals surface area (Å²) in [5.41, 5.74) is 1.17. The van der Waals surface area contributed by atoms with E-state index in [0.29, 0.717) is 6.67 Å². The van der Waals surface area contributed by atoms with E-state index >= 15 is 0 Å². The highest BCUT2D eigenvalue weighted by Crippen LogP contribution is 2.20. The summed E-state index contributed by atoms with van der Waals surface area (Å²) in [5, 5.41) is 5.94. The Morgan fingerprint density at radius 3 is 2.46 bits per heavy atom. The predicted molar refractivity (Wildman–Crippen MR) is 103 cm³/mol. The Kier molecular flexibility index (Phi) is 4.58. The van der Waals surface area contributed by atoms with Gasteiger partial charge in [0.15, 0.2) is 0 Å². The minimum atomic E-state index is -0.0271. The summed E-state index contributed by atoms with van der Waals surface area (Å²) < 4.78 is 6.78. The van der Waals surface area contributed by atoms with Crippen LogP contribution in [0.25, 0.3) is 10.8 Å². The Hall–Kier alpha value is -2.86. The molecule has 4 rings (SSSR count). The van der Waals surface area contributed by atoms with Crippen LogP contribution in [0.1, 0.15) is 0 Å². The van der Waals surface area contributed by atoms with Gasteiger partial charge in [0.25, 0.3) is 5.56 Å². The smallest absolute Gasteiger partial charge is 0.275 e. The molecule has 0 aliphatic carbocycles. The van der Waals surface area contributed by atoms with E-state index in [-0.39, 0.29) is 5.56 Å². The van der Waals surface area contributed by atoms with E-state index in [1.807, 2.05) is 36.4 Å². The number of anilines is 1. The highest BCUT2D eigenvalue weighted by Gasteiger charge is 2.18. The maximum atomic E-state index is 12.6. The summed E-state index contributed by atoms with van der Waals surface area (Å²) in [5.74, 6) is 0.870. The minimum absolute atomic E-state index is 0.0271. The van der Waals surface area contributed by atoms with E-state index in [9.17, 15) is 4.79 Å². The first-order chi connectivity index (χ1) is 12.7. The first-order valence-corrected chi connectivity index (χ1v) is 8.81. The van der Waals surface area contributed by atoms with Crippen molar-refractivity contribution >= 4 is 16.5 Å². The zero-order valence-corrected chi connectivity index (χ0v) is 14.8. The van der Waals surface area contributed by atoms with E-state index in [0.717, 1.165) is 42.7 Å². The molecule has 0 unspecified atom stereocenters. The molecule has 1 saturated heterocycles. The molecular weight excluding hydrogens is 328 g/mol. The maximum absolute atomic E-state index is 12.6. The van der Waals surface area contributed by atoms with Gasteiger partial charge in [-0.05, 0) is 30.3 Å². The third-order valence-corrected chi connectivity index (χ3v) is 4.91. The summed E-state index contributed by atoms with van der Waals surface area (Å²) in [4.78, 5) is 17.2. The van der Waals surface area contributed by atoms with Crippen molar-refractivity contribution in [3.8, 4) is 5.75 Å². The SMILES string of the molecule is COc1ccc(N2CCN(Cn3ncc4ccccc4c3=O)CC2)cc1. The topological polar surface area (TPSA) is 50.6 Å². The van der Waals surface area contributed by atoms with Crippen molar-refractivity contribution < 1.29 is 4.74 Å². The van der Waals surface area contributed by atoms with Gasteiger partial charge < -0.3 is 9.64 Å². The molecule has 0 bridgehead atoms. The van der Waals surface area contributed by atoms with Gasteiger partial charge in [0, 0.05) is 37.3 Å². The summed E-state index contributed by atoms with van der Waals surface area (Å²) in [6, 6.07) is 15.7. The van der Waals surface area contributed by atoms with Crippen LogP contribution in [0.4, 0.5) is 5.69 Å². The predicted octanol–water partition coefficient (Wildman–Crippen LogP) is 2.18. The standard InChI is InChI=1S/C20H22N4O2/c1-26-18-8-6-17(7-9-18)23-12-10-22(11-13-23)15-24-20(25)19-5-3-2-4-16(19)14-21-24/h2-9,14H,10-13,15H2,1H3. The molecule has 0 atom stereocenters. The van der Waals surface area contributed by atoms with Crippen molar-refractivity contribution in [3.05, 3.63) is 65.1 Å². The van der Waals surface area contributed by atoms with Crippen molar-refractivity contribution in [1.29, 1.82) is 0 Å². The minimum Gasteiger partial charge on any atom is -0.497 e. The average molecular weight is 350 g/mol. The monoisotopic (exact) mass is 350 g/mol. The van der Waals surface area contributed by atoms with Gasteiger partial charge >= 0.3 is 0 Å². The Bertz CT molecular complexity index is 944. The Labute approximate surface area is 152 Å². The molecule has 26 heavy (non-hydrogen) atoms. The first kappa shape index (κ1) is 16.6. The lowest BCUT2D eigenvalue weighted by molar-refractivity contribution is 0.192. The van der Waals surface area contributed by atoms with Crippen LogP contribution >= 0.6 is 0 Å². The van der Waals surface area contributed by atoms with Crippen LogP contribution in [-0.4, -0.2) is 48.0 Å². The lowest BCUT2D eigenvalue weighted by Gasteiger charge is -2.36. The second-order valence-electron chi connectivity index (χ2n) is 6.48. The molecular formula is C20H22N4O2. The number of nitrogens with zero attached hydrogens (tertiary/aromatic N) is 4. The van der Waals surface area contributed by atoms with Crippen LogP contribution in [0.3, 0.4) is 0 Å². The quantitative estimate of drug-likeness (QED) is 0.722. The third-order valence-electron chi connectivity index (χ3n) is 4.91. The van der Waals surface area contributed by atoms with Crippen LogP contribution in [-0.2, 0) is 6.67 Å². The highest BCUT2D eigenvalue weighted by atomic mass is 16.5. The molecule has 6 nitrogen and oxygen atoms in total. The molecule has 3 aromatic rings. The lowest BCUT2D eigenvalue weighted by Crippen LogP contribution is -2.48. The molecule has 1 aromatic heterocycles. The van der Waals surface area contributed by atoms with E-state index in [1.165, 1.54) is 5.69 Å². The Balaban J connectivity index is 1.42. The van der Waals surface area contributed by atoms with Crippen molar-refractivity contribution in [2.45, 2.75) is 6.67 Å². The van der Waals surface area contributed by atoms with E-state index in [2.05, 4.69) is 27.0 Å². The van der Waals surface area contributed by atoms with Gasteiger partial charge in [-0.1, -0.05) is 18.2 Å². The summed E-state index contributed by atoms with van der Waals surface area (Å²) in [6.07, 6.45) is 1.77. The molecule has 0 spiro atoms. The number of methoxy groups -OCH3 is 1. The fourth-order valence-electron chi connectivity index (χ4n) is 3.36. The number of hydrogen-bond donors (Lipinski definition) is 0.